The summed E-state index contributed by atoms with van der Waals surface area (Å²) < 4.78 is 39.8. The average Bonchev–Trinajstić information content (AvgIpc) is 2.59. The van der Waals surface area contributed by atoms with E-state index in [0.29, 0.717) is 5.39 Å². The fourth-order valence-corrected chi connectivity index (χ4v) is 3.41. The first kappa shape index (κ1) is 15.0. The molecule has 0 saturated heterocycles. The number of anilines is 2. The number of hydrogen-bond donors (Lipinski definition) is 0. The van der Waals surface area contributed by atoms with Crippen LogP contribution in [0.2, 0.25) is 0 Å². The molecule has 2 aromatic carbocycles. The fraction of sp³-hybridized carbons (Fsp3) is 0.211. The molecule has 24 heavy (non-hydrogen) atoms. The van der Waals surface area contributed by atoms with Crippen molar-refractivity contribution in [3.05, 3.63) is 65.9 Å². The number of hydrogen-bond acceptors (Lipinski definition) is 2. The summed E-state index contributed by atoms with van der Waals surface area (Å²) in [5.74, 6) is 0. The van der Waals surface area contributed by atoms with Gasteiger partial charge in [-0.05, 0) is 36.6 Å². The van der Waals surface area contributed by atoms with Crippen molar-refractivity contribution in [2.45, 2.75) is 19.0 Å². The SMILES string of the molecule is FC(F)(F)c1cccc2c(N3CCCc4ccccc43)ccnc12. The Morgan fingerprint density at radius 3 is 2.58 bits per heavy atom. The first-order chi connectivity index (χ1) is 11.6. The number of nitrogens with zero attached hydrogens (tertiary/aromatic N) is 2. The zero-order chi connectivity index (χ0) is 16.7. The van der Waals surface area contributed by atoms with Gasteiger partial charge in [-0.25, -0.2) is 0 Å². The van der Waals surface area contributed by atoms with Crippen LogP contribution in [-0.4, -0.2) is 11.5 Å². The van der Waals surface area contributed by atoms with E-state index in [4.69, 9.17) is 0 Å². The first-order valence-electron chi connectivity index (χ1n) is 7.86. The third-order valence-corrected chi connectivity index (χ3v) is 4.45. The maximum absolute atomic E-state index is 13.3. The van der Waals surface area contributed by atoms with Gasteiger partial charge >= 0.3 is 6.18 Å². The van der Waals surface area contributed by atoms with Crippen LogP contribution in [-0.2, 0) is 12.6 Å². The lowest BCUT2D eigenvalue weighted by Gasteiger charge is -2.32. The second-order valence-electron chi connectivity index (χ2n) is 5.91. The normalized spacial score (nSPS) is 14.7. The molecule has 0 bridgehead atoms. The van der Waals surface area contributed by atoms with Gasteiger partial charge in [0.2, 0.25) is 0 Å². The van der Waals surface area contributed by atoms with Crippen LogP contribution in [0.4, 0.5) is 24.5 Å². The van der Waals surface area contributed by atoms with Gasteiger partial charge in [0.05, 0.1) is 16.8 Å². The Bertz CT molecular complexity index is 902. The third kappa shape index (κ3) is 2.40. The second kappa shape index (κ2) is 5.51. The van der Waals surface area contributed by atoms with Gasteiger partial charge < -0.3 is 4.90 Å². The quantitative estimate of drug-likeness (QED) is 0.599. The van der Waals surface area contributed by atoms with Crippen molar-refractivity contribution in [3.8, 4) is 0 Å². The highest BCUT2D eigenvalue weighted by Crippen LogP contribution is 2.40. The van der Waals surface area contributed by atoms with Crippen molar-refractivity contribution in [3.63, 3.8) is 0 Å². The summed E-state index contributed by atoms with van der Waals surface area (Å²) in [4.78, 5) is 6.11. The summed E-state index contributed by atoms with van der Waals surface area (Å²) in [6.45, 7) is 0.784. The van der Waals surface area contributed by atoms with Crippen LogP contribution < -0.4 is 4.90 Å². The lowest BCUT2D eigenvalue weighted by Crippen LogP contribution is -2.24. The number of aromatic nitrogens is 1. The van der Waals surface area contributed by atoms with Gasteiger partial charge in [-0.15, -0.1) is 0 Å². The molecule has 0 N–H and O–H groups in total. The van der Waals surface area contributed by atoms with E-state index in [1.54, 1.807) is 12.1 Å². The van der Waals surface area contributed by atoms with Crippen molar-refractivity contribution >= 4 is 22.3 Å². The average molecular weight is 328 g/mol. The molecular formula is C19H15F3N2. The second-order valence-corrected chi connectivity index (χ2v) is 5.91. The zero-order valence-corrected chi connectivity index (χ0v) is 12.8. The summed E-state index contributed by atoms with van der Waals surface area (Å²) in [7, 11) is 0. The Balaban J connectivity index is 1.94. The molecule has 0 radical (unpaired) electrons. The van der Waals surface area contributed by atoms with Gasteiger partial charge in [-0.3, -0.25) is 4.98 Å². The van der Waals surface area contributed by atoms with Crippen LogP contribution >= 0.6 is 0 Å². The number of benzene rings is 2. The number of pyridine rings is 1. The zero-order valence-electron chi connectivity index (χ0n) is 12.8. The molecule has 0 saturated carbocycles. The van der Waals surface area contributed by atoms with Crippen molar-refractivity contribution < 1.29 is 13.2 Å². The van der Waals surface area contributed by atoms with Crippen molar-refractivity contribution in [2.24, 2.45) is 0 Å². The Hall–Kier alpha value is -2.56. The topological polar surface area (TPSA) is 16.1 Å². The maximum Gasteiger partial charge on any atom is 0.418 e. The van der Waals surface area contributed by atoms with E-state index in [1.807, 2.05) is 18.2 Å². The largest absolute Gasteiger partial charge is 0.418 e. The molecule has 1 aromatic heterocycles. The summed E-state index contributed by atoms with van der Waals surface area (Å²) in [5.41, 5.74) is 2.38. The number of alkyl halides is 3. The molecule has 122 valence electrons. The molecule has 0 atom stereocenters. The number of aryl methyl sites for hydroxylation is 1. The molecule has 0 amide bonds. The van der Waals surface area contributed by atoms with Crippen LogP contribution in [0.15, 0.2) is 54.7 Å². The number of para-hydroxylation sites is 2. The van der Waals surface area contributed by atoms with Crippen molar-refractivity contribution in [1.82, 2.24) is 4.98 Å². The van der Waals surface area contributed by atoms with E-state index < -0.39 is 11.7 Å². The molecule has 0 fully saturated rings. The lowest BCUT2D eigenvalue weighted by molar-refractivity contribution is -0.136. The van der Waals surface area contributed by atoms with Crippen molar-refractivity contribution in [2.75, 3.05) is 11.4 Å². The number of fused-ring (bicyclic) bond motifs is 2. The summed E-state index contributed by atoms with van der Waals surface area (Å²) in [6, 6.07) is 14.1. The number of rotatable bonds is 1. The first-order valence-corrected chi connectivity index (χ1v) is 7.86. The standard InChI is InChI=1S/C19H15F3N2/c20-19(21,22)15-8-3-7-14-17(10-11-23-18(14)15)24-12-4-6-13-5-1-2-9-16(13)24/h1-3,5,7-11H,4,6,12H2. The van der Waals surface area contributed by atoms with E-state index in [1.165, 1.54) is 17.8 Å². The van der Waals surface area contributed by atoms with E-state index in [0.717, 1.165) is 36.8 Å². The smallest absolute Gasteiger partial charge is 0.341 e. The van der Waals surface area contributed by atoms with Gasteiger partial charge in [0, 0.05) is 23.8 Å². The molecule has 4 rings (SSSR count). The molecule has 2 heterocycles. The Morgan fingerprint density at radius 1 is 0.917 bits per heavy atom. The van der Waals surface area contributed by atoms with Gasteiger partial charge in [-0.2, -0.15) is 13.2 Å². The molecule has 1 aliphatic rings. The molecule has 2 nitrogen and oxygen atoms in total. The van der Waals surface area contributed by atoms with Crippen LogP contribution in [0.3, 0.4) is 0 Å². The minimum Gasteiger partial charge on any atom is -0.341 e. The van der Waals surface area contributed by atoms with E-state index >= 15 is 0 Å². The third-order valence-electron chi connectivity index (χ3n) is 4.45. The van der Waals surface area contributed by atoms with Crippen LogP contribution in [0.1, 0.15) is 17.5 Å². The van der Waals surface area contributed by atoms with Gasteiger partial charge in [0.1, 0.15) is 0 Å². The van der Waals surface area contributed by atoms with Gasteiger partial charge in [0.25, 0.3) is 0 Å². The van der Waals surface area contributed by atoms with Crippen molar-refractivity contribution in [1.29, 1.82) is 0 Å². The fourth-order valence-electron chi connectivity index (χ4n) is 3.41. The van der Waals surface area contributed by atoms with Gasteiger partial charge in [-0.1, -0.05) is 30.3 Å². The molecule has 5 heteroatoms. The van der Waals surface area contributed by atoms with E-state index in [-0.39, 0.29) is 5.52 Å². The van der Waals surface area contributed by atoms with Crippen LogP contribution in [0.25, 0.3) is 10.9 Å². The molecule has 1 aliphatic heterocycles. The lowest BCUT2D eigenvalue weighted by atomic mass is 10.00. The molecule has 0 aliphatic carbocycles. The summed E-state index contributed by atoms with van der Waals surface area (Å²) in [5, 5.41) is 0.532. The van der Waals surface area contributed by atoms with E-state index in [9.17, 15) is 13.2 Å². The Morgan fingerprint density at radius 2 is 1.75 bits per heavy atom. The Kier molecular flexibility index (Phi) is 3.44. The molecule has 3 aromatic rings. The monoisotopic (exact) mass is 328 g/mol. The highest BCUT2D eigenvalue weighted by atomic mass is 19.4. The van der Waals surface area contributed by atoms with E-state index in [2.05, 4.69) is 16.0 Å². The predicted octanol–water partition coefficient (Wildman–Crippen LogP) is 5.34. The summed E-state index contributed by atoms with van der Waals surface area (Å²) in [6.07, 6.45) is -0.988. The molecule has 0 unspecified atom stereocenters. The Labute approximate surface area is 137 Å². The van der Waals surface area contributed by atoms with Crippen LogP contribution in [0, 0.1) is 0 Å². The highest BCUT2D eigenvalue weighted by molar-refractivity contribution is 5.96. The minimum absolute atomic E-state index is 0.00514. The highest BCUT2D eigenvalue weighted by Gasteiger charge is 2.33. The predicted molar refractivity (Wildman–Crippen MR) is 88.5 cm³/mol. The van der Waals surface area contributed by atoms with Gasteiger partial charge in [0.15, 0.2) is 0 Å². The molecular weight excluding hydrogens is 313 g/mol. The molecule has 0 spiro atoms. The summed E-state index contributed by atoms with van der Waals surface area (Å²) >= 11 is 0. The number of halogens is 3. The van der Waals surface area contributed by atoms with Crippen LogP contribution in [0.5, 0.6) is 0 Å². The maximum atomic E-state index is 13.3. The minimum atomic E-state index is -4.41.